The van der Waals surface area contributed by atoms with Gasteiger partial charge in [-0.3, -0.25) is 0 Å². The topological polar surface area (TPSA) is 80.9 Å². The standard InChI is InChI=1S/C11H16O4/c1-11(14,15)4-2-3-8-5-9(12)7-10(13)6-8/h5-7,12-15H,2-4H2,1H3. The number of phenolic OH excluding ortho intramolecular Hbond substituents is 2. The smallest absolute Gasteiger partial charge is 0.159 e. The van der Waals surface area contributed by atoms with Gasteiger partial charge < -0.3 is 20.4 Å². The fourth-order valence-electron chi connectivity index (χ4n) is 1.43. The van der Waals surface area contributed by atoms with Crippen LogP contribution in [0, 0.1) is 0 Å². The molecule has 84 valence electrons. The molecule has 0 spiro atoms. The predicted molar refractivity (Wildman–Crippen MR) is 55.6 cm³/mol. The first-order chi connectivity index (χ1) is 6.87. The molecule has 0 saturated heterocycles. The lowest BCUT2D eigenvalue weighted by Crippen LogP contribution is -2.22. The number of hydrogen-bond acceptors (Lipinski definition) is 4. The van der Waals surface area contributed by atoms with Gasteiger partial charge in [-0.15, -0.1) is 0 Å². The van der Waals surface area contributed by atoms with Gasteiger partial charge in [0.1, 0.15) is 11.5 Å². The van der Waals surface area contributed by atoms with Crippen LogP contribution in [0.3, 0.4) is 0 Å². The van der Waals surface area contributed by atoms with Crippen LogP contribution in [0.1, 0.15) is 25.3 Å². The van der Waals surface area contributed by atoms with Crippen molar-refractivity contribution in [3.05, 3.63) is 23.8 Å². The number of benzene rings is 1. The maximum Gasteiger partial charge on any atom is 0.159 e. The summed E-state index contributed by atoms with van der Waals surface area (Å²) in [5.41, 5.74) is 0.775. The first-order valence-electron chi connectivity index (χ1n) is 4.83. The summed E-state index contributed by atoms with van der Waals surface area (Å²) in [6.07, 6.45) is 1.41. The predicted octanol–water partition coefficient (Wildman–Crippen LogP) is 1.12. The molecule has 1 rings (SSSR count). The van der Waals surface area contributed by atoms with Gasteiger partial charge in [0.15, 0.2) is 5.79 Å². The van der Waals surface area contributed by atoms with E-state index < -0.39 is 5.79 Å². The Kier molecular flexibility index (Phi) is 3.55. The molecular weight excluding hydrogens is 196 g/mol. The highest BCUT2D eigenvalue weighted by Crippen LogP contribution is 2.22. The molecular formula is C11H16O4. The summed E-state index contributed by atoms with van der Waals surface area (Å²) in [5, 5.41) is 36.5. The highest BCUT2D eigenvalue weighted by atomic mass is 16.5. The zero-order chi connectivity index (χ0) is 11.5. The van der Waals surface area contributed by atoms with Crippen LogP contribution in [0.25, 0.3) is 0 Å². The highest BCUT2D eigenvalue weighted by Gasteiger charge is 2.13. The Bertz CT molecular complexity index is 308. The second kappa shape index (κ2) is 4.51. The molecule has 0 radical (unpaired) electrons. The Hall–Kier alpha value is -1.26. The molecule has 1 aromatic carbocycles. The van der Waals surface area contributed by atoms with Crippen LogP contribution in [0.5, 0.6) is 11.5 Å². The second-order valence-electron chi connectivity index (χ2n) is 3.93. The van der Waals surface area contributed by atoms with Crippen molar-refractivity contribution < 1.29 is 20.4 Å². The van der Waals surface area contributed by atoms with E-state index >= 15 is 0 Å². The number of aryl methyl sites for hydroxylation is 1. The number of phenols is 2. The second-order valence-corrected chi connectivity index (χ2v) is 3.93. The molecule has 4 heteroatoms. The summed E-state index contributed by atoms with van der Waals surface area (Å²) < 4.78 is 0. The minimum absolute atomic E-state index is 0.0146. The van der Waals surface area contributed by atoms with E-state index in [0.717, 1.165) is 5.56 Å². The lowest BCUT2D eigenvalue weighted by atomic mass is 10.0. The van der Waals surface area contributed by atoms with Crippen LogP contribution in [0.15, 0.2) is 18.2 Å². The number of aliphatic hydroxyl groups is 2. The molecule has 0 heterocycles. The van der Waals surface area contributed by atoms with Crippen LogP contribution in [0.2, 0.25) is 0 Å². The van der Waals surface area contributed by atoms with Gasteiger partial charge in [0.25, 0.3) is 0 Å². The van der Waals surface area contributed by atoms with E-state index in [9.17, 15) is 10.2 Å². The summed E-state index contributed by atoms with van der Waals surface area (Å²) in [7, 11) is 0. The molecule has 15 heavy (non-hydrogen) atoms. The minimum atomic E-state index is -1.65. The fourth-order valence-corrected chi connectivity index (χ4v) is 1.43. The Balaban J connectivity index is 2.51. The molecule has 4 N–H and O–H groups in total. The van der Waals surface area contributed by atoms with Crippen molar-refractivity contribution in [3.63, 3.8) is 0 Å². The Morgan fingerprint density at radius 1 is 1.07 bits per heavy atom. The molecule has 0 atom stereocenters. The van der Waals surface area contributed by atoms with Crippen molar-refractivity contribution in [1.82, 2.24) is 0 Å². The van der Waals surface area contributed by atoms with Gasteiger partial charge in [-0.1, -0.05) is 0 Å². The molecule has 0 saturated carbocycles. The summed E-state index contributed by atoms with van der Waals surface area (Å²) in [5.74, 6) is -1.62. The Morgan fingerprint density at radius 2 is 1.60 bits per heavy atom. The van der Waals surface area contributed by atoms with Crippen molar-refractivity contribution in [2.75, 3.05) is 0 Å². The molecule has 0 aromatic heterocycles. The van der Waals surface area contributed by atoms with E-state index in [-0.39, 0.29) is 17.9 Å². The molecule has 0 fully saturated rings. The normalized spacial score (nSPS) is 11.7. The van der Waals surface area contributed by atoms with Gasteiger partial charge in [-0.05, 0) is 37.5 Å². The third-order valence-corrected chi connectivity index (χ3v) is 2.08. The number of hydrogen-bond donors (Lipinski definition) is 4. The van der Waals surface area contributed by atoms with Gasteiger partial charge in [-0.2, -0.15) is 0 Å². The molecule has 1 aromatic rings. The van der Waals surface area contributed by atoms with Crippen molar-refractivity contribution in [2.45, 2.75) is 32.0 Å². The maximum atomic E-state index is 9.19. The van der Waals surface area contributed by atoms with Crippen molar-refractivity contribution in [2.24, 2.45) is 0 Å². The molecule has 0 aliphatic rings. The lowest BCUT2D eigenvalue weighted by Gasteiger charge is -2.15. The molecule has 0 bridgehead atoms. The molecule has 4 nitrogen and oxygen atoms in total. The Morgan fingerprint density at radius 3 is 2.07 bits per heavy atom. The third-order valence-electron chi connectivity index (χ3n) is 2.08. The quantitative estimate of drug-likeness (QED) is 0.564. The average Bonchev–Trinajstić information content (AvgIpc) is 1.99. The zero-order valence-electron chi connectivity index (χ0n) is 8.64. The lowest BCUT2D eigenvalue weighted by molar-refractivity contribution is -0.149. The van der Waals surface area contributed by atoms with Crippen LogP contribution in [-0.2, 0) is 6.42 Å². The maximum absolute atomic E-state index is 9.19. The van der Waals surface area contributed by atoms with E-state index in [0.29, 0.717) is 12.8 Å². The van der Waals surface area contributed by atoms with Crippen LogP contribution >= 0.6 is 0 Å². The molecule has 0 amide bonds. The Labute approximate surface area is 88.4 Å². The third kappa shape index (κ3) is 4.67. The first kappa shape index (κ1) is 11.8. The molecule has 0 aliphatic heterocycles. The van der Waals surface area contributed by atoms with Gasteiger partial charge in [-0.25, -0.2) is 0 Å². The van der Waals surface area contributed by atoms with E-state index in [1.165, 1.54) is 13.0 Å². The van der Waals surface area contributed by atoms with Crippen LogP contribution in [0.4, 0.5) is 0 Å². The van der Waals surface area contributed by atoms with Gasteiger partial charge in [0.2, 0.25) is 0 Å². The summed E-state index contributed by atoms with van der Waals surface area (Å²) in [4.78, 5) is 0. The minimum Gasteiger partial charge on any atom is -0.508 e. The number of aromatic hydroxyl groups is 2. The van der Waals surface area contributed by atoms with E-state index in [1.807, 2.05) is 0 Å². The van der Waals surface area contributed by atoms with Crippen molar-refractivity contribution in [1.29, 1.82) is 0 Å². The molecule has 0 unspecified atom stereocenters. The summed E-state index contributed by atoms with van der Waals surface area (Å²) >= 11 is 0. The van der Waals surface area contributed by atoms with E-state index in [2.05, 4.69) is 0 Å². The molecule has 0 aliphatic carbocycles. The van der Waals surface area contributed by atoms with E-state index in [4.69, 9.17) is 10.2 Å². The largest absolute Gasteiger partial charge is 0.508 e. The summed E-state index contributed by atoms with van der Waals surface area (Å²) in [6.45, 7) is 1.33. The summed E-state index contributed by atoms with van der Waals surface area (Å²) in [6, 6.07) is 4.35. The SMILES string of the molecule is CC(O)(O)CCCc1cc(O)cc(O)c1. The van der Waals surface area contributed by atoms with Crippen molar-refractivity contribution in [3.8, 4) is 11.5 Å². The average molecular weight is 212 g/mol. The van der Waals surface area contributed by atoms with Crippen LogP contribution < -0.4 is 0 Å². The monoisotopic (exact) mass is 212 g/mol. The van der Waals surface area contributed by atoms with Gasteiger partial charge in [0.05, 0.1) is 0 Å². The fraction of sp³-hybridized carbons (Fsp3) is 0.455. The first-order valence-corrected chi connectivity index (χ1v) is 4.83. The number of rotatable bonds is 4. The zero-order valence-corrected chi connectivity index (χ0v) is 8.64. The van der Waals surface area contributed by atoms with Crippen molar-refractivity contribution >= 4 is 0 Å². The van der Waals surface area contributed by atoms with Gasteiger partial charge in [0, 0.05) is 12.5 Å². The van der Waals surface area contributed by atoms with Gasteiger partial charge >= 0.3 is 0 Å². The van der Waals surface area contributed by atoms with E-state index in [1.54, 1.807) is 12.1 Å². The van der Waals surface area contributed by atoms with Crippen LogP contribution in [-0.4, -0.2) is 26.2 Å². The highest BCUT2D eigenvalue weighted by molar-refractivity contribution is 5.36.